The van der Waals surface area contributed by atoms with E-state index in [1.165, 1.54) is 11.3 Å². The molecule has 0 bridgehead atoms. The fourth-order valence-corrected chi connectivity index (χ4v) is 2.06. The Morgan fingerprint density at radius 2 is 1.95 bits per heavy atom. The Morgan fingerprint density at radius 1 is 1.24 bits per heavy atom. The van der Waals surface area contributed by atoms with Gasteiger partial charge in [0.05, 0.1) is 0 Å². The quantitative estimate of drug-likeness (QED) is 0.772. The van der Waals surface area contributed by atoms with Gasteiger partial charge in [0, 0.05) is 18.4 Å². The molecule has 0 atom stereocenters. The van der Waals surface area contributed by atoms with Gasteiger partial charge in [-0.3, -0.25) is 4.98 Å². The molecule has 1 heterocycles. The number of nitrogens with zero attached hydrogens (tertiary/aromatic N) is 1. The van der Waals surface area contributed by atoms with E-state index in [1.54, 1.807) is 0 Å². The zero-order valence-corrected chi connectivity index (χ0v) is 13.7. The number of ether oxygens (including phenoxy) is 1. The topological polar surface area (TPSA) is 51.2 Å². The van der Waals surface area contributed by atoms with Gasteiger partial charge >= 0.3 is 6.09 Å². The molecular weight excluding hydrogens is 264 g/mol. The number of hydrogen-bond acceptors (Lipinski definition) is 3. The molecule has 1 N–H and O–H groups in total. The largest absolute Gasteiger partial charge is 0.444 e. The number of unbranched alkanes of at least 4 members (excludes halogenated alkanes) is 3. The van der Waals surface area contributed by atoms with Gasteiger partial charge in [0.25, 0.3) is 0 Å². The lowest BCUT2D eigenvalue weighted by molar-refractivity contribution is 0.0527. The van der Waals surface area contributed by atoms with E-state index in [9.17, 15) is 4.79 Å². The highest BCUT2D eigenvalue weighted by atomic mass is 16.6. The first kappa shape index (κ1) is 17.5. The van der Waals surface area contributed by atoms with Crippen molar-refractivity contribution in [2.75, 3.05) is 6.54 Å². The number of nitrogens with one attached hydrogen (secondary N) is 1. The molecule has 0 aliphatic carbocycles. The number of pyridine rings is 1. The first-order valence-corrected chi connectivity index (χ1v) is 7.76. The normalized spacial score (nSPS) is 11.2. The average molecular weight is 292 g/mol. The Labute approximate surface area is 128 Å². The van der Waals surface area contributed by atoms with Gasteiger partial charge in [-0.1, -0.05) is 18.9 Å². The molecule has 0 aliphatic heterocycles. The van der Waals surface area contributed by atoms with Crippen LogP contribution in [0.4, 0.5) is 4.79 Å². The standard InChI is InChI=1S/C17H28N2O2/c1-14-10-9-13-18-15(14)11-7-5-6-8-12-19-16(20)21-17(2,3)4/h9-10,13H,5-8,11-12H2,1-4H3,(H,19,20). The number of hydrogen-bond donors (Lipinski definition) is 1. The third-order valence-electron chi connectivity index (χ3n) is 3.13. The molecule has 0 radical (unpaired) electrons. The highest BCUT2D eigenvalue weighted by Crippen LogP contribution is 2.10. The van der Waals surface area contributed by atoms with Crippen molar-refractivity contribution in [3.8, 4) is 0 Å². The summed E-state index contributed by atoms with van der Waals surface area (Å²) in [4.78, 5) is 15.8. The molecule has 1 rings (SSSR count). The van der Waals surface area contributed by atoms with E-state index >= 15 is 0 Å². The Bertz CT molecular complexity index is 439. The summed E-state index contributed by atoms with van der Waals surface area (Å²) in [7, 11) is 0. The van der Waals surface area contributed by atoms with Crippen LogP contribution in [0.15, 0.2) is 18.3 Å². The first-order valence-electron chi connectivity index (χ1n) is 7.76. The molecule has 4 heteroatoms. The second-order valence-corrected chi connectivity index (χ2v) is 6.36. The number of rotatable bonds is 7. The average Bonchev–Trinajstić information content (AvgIpc) is 2.37. The summed E-state index contributed by atoms with van der Waals surface area (Å²) in [5, 5.41) is 2.78. The van der Waals surface area contributed by atoms with Crippen LogP contribution < -0.4 is 5.32 Å². The number of alkyl carbamates (subject to hydrolysis) is 1. The van der Waals surface area contributed by atoms with Crippen molar-refractivity contribution in [2.45, 2.75) is 65.4 Å². The van der Waals surface area contributed by atoms with Gasteiger partial charge in [0.2, 0.25) is 0 Å². The van der Waals surface area contributed by atoms with Gasteiger partial charge in [-0.25, -0.2) is 4.79 Å². The molecule has 4 nitrogen and oxygen atoms in total. The molecule has 0 spiro atoms. The molecule has 1 amide bonds. The lowest BCUT2D eigenvalue weighted by Gasteiger charge is -2.19. The molecule has 118 valence electrons. The van der Waals surface area contributed by atoms with Crippen LogP contribution in [0.1, 0.15) is 57.7 Å². The zero-order valence-electron chi connectivity index (χ0n) is 13.7. The Hall–Kier alpha value is -1.58. The van der Waals surface area contributed by atoms with Gasteiger partial charge in [-0.05, 0) is 58.6 Å². The third-order valence-corrected chi connectivity index (χ3v) is 3.13. The van der Waals surface area contributed by atoms with E-state index in [1.807, 2.05) is 33.0 Å². The van der Waals surface area contributed by atoms with E-state index in [4.69, 9.17) is 4.74 Å². The van der Waals surface area contributed by atoms with Crippen LogP contribution in [-0.4, -0.2) is 23.2 Å². The number of carbonyl (C=O) groups is 1. The monoisotopic (exact) mass is 292 g/mol. The second-order valence-electron chi connectivity index (χ2n) is 6.36. The summed E-state index contributed by atoms with van der Waals surface area (Å²) in [6.07, 6.45) is 6.96. The molecule has 1 aromatic rings. The van der Waals surface area contributed by atoms with Gasteiger partial charge in [0.1, 0.15) is 5.60 Å². The lowest BCUT2D eigenvalue weighted by Crippen LogP contribution is -2.32. The molecule has 0 aromatic carbocycles. The van der Waals surface area contributed by atoms with Crippen molar-refractivity contribution in [1.29, 1.82) is 0 Å². The van der Waals surface area contributed by atoms with Gasteiger partial charge < -0.3 is 10.1 Å². The van der Waals surface area contributed by atoms with Crippen LogP contribution in [0.5, 0.6) is 0 Å². The van der Waals surface area contributed by atoms with E-state index in [0.29, 0.717) is 6.54 Å². The van der Waals surface area contributed by atoms with Gasteiger partial charge in [-0.15, -0.1) is 0 Å². The second kappa shape index (κ2) is 8.65. The van der Waals surface area contributed by atoms with Crippen molar-refractivity contribution in [3.05, 3.63) is 29.6 Å². The smallest absolute Gasteiger partial charge is 0.407 e. The number of aromatic nitrogens is 1. The van der Waals surface area contributed by atoms with E-state index < -0.39 is 5.60 Å². The predicted molar refractivity (Wildman–Crippen MR) is 85.4 cm³/mol. The van der Waals surface area contributed by atoms with Crippen LogP contribution in [-0.2, 0) is 11.2 Å². The summed E-state index contributed by atoms with van der Waals surface area (Å²) in [6, 6.07) is 4.08. The molecule has 0 fully saturated rings. The van der Waals surface area contributed by atoms with Crippen molar-refractivity contribution in [3.63, 3.8) is 0 Å². The third kappa shape index (κ3) is 8.33. The van der Waals surface area contributed by atoms with Crippen LogP contribution in [0.3, 0.4) is 0 Å². The van der Waals surface area contributed by atoms with Crippen LogP contribution >= 0.6 is 0 Å². The van der Waals surface area contributed by atoms with Crippen LogP contribution in [0.25, 0.3) is 0 Å². The summed E-state index contributed by atoms with van der Waals surface area (Å²) >= 11 is 0. The number of amides is 1. The fraction of sp³-hybridized carbons (Fsp3) is 0.647. The molecule has 0 saturated heterocycles. The van der Waals surface area contributed by atoms with E-state index in [2.05, 4.69) is 23.3 Å². The fourth-order valence-electron chi connectivity index (χ4n) is 2.06. The van der Waals surface area contributed by atoms with Crippen LogP contribution in [0.2, 0.25) is 0 Å². The number of aryl methyl sites for hydroxylation is 2. The van der Waals surface area contributed by atoms with Gasteiger partial charge in [0.15, 0.2) is 0 Å². The van der Waals surface area contributed by atoms with Gasteiger partial charge in [-0.2, -0.15) is 0 Å². The van der Waals surface area contributed by atoms with Crippen LogP contribution in [0, 0.1) is 6.92 Å². The van der Waals surface area contributed by atoms with E-state index in [0.717, 1.165) is 32.1 Å². The Morgan fingerprint density at radius 3 is 2.62 bits per heavy atom. The zero-order chi connectivity index (χ0) is 15.7. The lowest BCUT2D eigenvalue weighted by atomic mass is 10.1. The van der Waals surface area contributed by atoms with Crippen molar-refractivity contribution >= 4 is 6.09 Å². The minimum absolute atomic E-state index is 0.327. The molecule has 1 aromatic heterocycles. The van der Waals surface area contributed by atoms with Crippen molar-refractivity contribution in [2.24, 2.45) is 0 Å². The Balaban J connectivity index is 2.03. The predicted octanol–water partition coefficient (Wildman–Crippen LogP) is 4.02. The first-order chi connectivity index (χ1) is 9.88. The van der Waals surface area contributed by atoms with Crippen molar-refractivity contribution in [1.82, 2.24) is 10.3 Å². The maximum Gasteiger partial charge on any atom is 0.407 e. The molecular formula is C17H28N2O2. The molecule has 0 unspecified atom stereocenters. The Kier molecular flexibility index (Phi) is 7.20. The minimum atomic E-state index is -0.426. The molecule has 0 saturated carbocycles. The van der Waals surface area contributed by atoms with E-state index in [-0.39, 0.29) is 6.09 Å². The summed E-state index contributed by atoms with van der Waals surface area (Å²) in [5.41, 5.74) is 2.04. The minimum Gasteiger partial charge on any atom is -0.444 e. The maximum atomic E-state index is 11.4. The summed E-state index contributed by atoms with van der Waals surface area (Å²) in [6.45, 7) is 8.38. The summed E-state index contributed by atoms with van der Waals surface area (Å²) in [5.74, 6) is 0. The highest BCUT2D eigenvalue weighted by Gasteiger charge is 2.15. The maximum absolute atomic E-state index is 11.4. The SMILES string of the molecule is Cc1cccnc1CCCCCCNC(=O)OC(C)(C)C. The summed E-state index contributed by atoms with van der Waals surface area (Å²) < 4.78 is 5.18. The highest BCUT2D eigenvalue weighted by molar-refractivity contribution is 5.67. The molecule has 21 heavy (non-hydrogen) atoms. The van der Waals surface area contributed by atoms with Crippen molar-refractivity contribution < 1.29 is 9.53 Å². The molecule has 0 aliphatic rings. The number of carbonyl (C=O) groups excluding carboxylic acids is 1.